The van der Waals surface area contributed by atoms with Crippen molar-refractivity contribution in [3.8, 4) is 0 Å². The molecular weight excluding hydrogens is 308 g/mol. The zero-order chi connectivity index (χ0) is 16.4. The third-order valence-electron chi connectivity index (χ3n) is 4.30. The average molecular weight is 328 g/mol. The van der Waals surface area contributed by atoms with Crippen LogP contribution in [0.2, 0.25) is 0 Å². The van der Waals surface area contributed by atoms with Crippen molar-refractivity contribution in [1.29, 1.82) is 0 Å². The molecule has 2 aromatic rings. The SMILES string of the molecule is CC(=O)c1cccc(NC(=O)CN2CCc3sccc3C2C)c1. The topological polar surface area (TPSA) is 49.4 Å². The number of fused-ring (bicyclic) bond motifs is 1. The van der Waals surface area contributed by atoms with Crippen LogP contribution in [0.15, 0.2) is 35.7 Å². The molecule has 23 heavy (non-hydrogen) atoms. The van der Waals surface area contributed by atoms with Gasteiger partial charge in [0.15, 0.2) is 5.78 Å². The lowest BCUT2D eigenvalue weighted by molar-refractivity contribution is -0.117. The fourth-order valence-corrected chi connectivity index (χ4v) is 3.94. The summed E-state index contributed by atoms with van der Waals surface area (Å²) in [5.41, 5.74) is 2.62. The third-order valence-corrected chi connectivity index (χ3v) is 5.30. The Labute approximate surface area is 140 Å². The molecule has 0 radical (unpaired) electrons. The summed E-state index contributed by atoms with van der Waals surface area (Å²) in [4.78, 5) is 27.4. The maximum Gasteiger partial charge on any atom is 0.238 e. The fourth-order valence-electron chi connectivity index (χ4n) is 2.98. The molecule has 1 N–H and O–H groups in total. The van der Waals surface area contributed by atoms with E-state index in [-0.39, 0.29) is 17.7 Å². The van der Waals surface area contributed by atoms with Crippen LogP contribution in [0.4, 0.5) is 5.69 Å². The van der Waals surface area contributed by atoms with Gasteiger partial charge in [0.05, 0.1) is 6.54 Å². The molecule has 0 bridgehead atoms. The number of nitrogens with one attached hydrogen (secondary N) is 1. The molecule has 0 saturated heterocycles. The molecule has 0 aliphatic carbocycles. The Bertz CT molecular complexity index is 738. The van der Waals surface area contributed by atoms with Crippen molar-refractivity contribution < 1.29 is 9.59 Å². The van der Waals surface area contributed by atoms with E-state index in [9.17, 15) is 9.59 Å². The summed E-state index contributed by atoms with van der Waals surface area (Å²) in [5, 5.41) is 5.02. The first-order chi connectivity index (χ1) is 11.0. The fraction of sp³-hybridized carbons (Fsp3) is 0.333. The first kappa shape index (κ1) is 15.9. The number of Topliss-reactive ketones (excluding diaryl/α,β-unsaturated/α-hetero) is 1. The molecule has 1 unspecified atom stereocenters. The molecule has 1 aliphatic heterocycles. The van der Waals surface area contributed by atoms with E-state index in [0.717, 1.165) is 13.0 Å². The zero-order valence-corrected chi connectivity index (χ0v) is 14.2. The Morgan fingerprint density at radius 2 is 2.17 bits per heavy atom. The minimum Gasteiger partial charge on any atom is -0.325 e. The van der Waals surface area contributed by atoms with E-state index >= 15 is 0 Å². The van der Waals surface area contributed by atoms with E-state index in [4.69, 9.17) is 0 Å². The molecule has 1 atom stereocenters. The Hall–Kier alpha value is -1.98. The number of ketones is 1. The number of amides is 1. The molecule has 0 spiro atoms. The molecule has 2 heterocycles. The van der Waals surface area contributed by atoms with Gasteiger partial charge in [0, 0.05) is 28.7 Å². The highest BCUT2D eigenvalue weighted by Crippen LogP contribution is 2.32. The van der Waals surface area contributed by atoms with Gasteiger partial charge in [0.25, 0.3) is 0 Å². The van der Waals surface area contributed by atoms with E-state index in [1.54, 1.807) is 35.6 Å². The van der Waals surface area contributed by atoms with Gasteiger partial charge in [0.1, 0.15) is 0 Å². The zero-order valence-electron chi connectivity index (χ0n) is 13.3. The second-order valence-electron chi connectivity index (χ2n) is 5.88. The van der Waals surface area contributed by atoms with Crippen molar-refractivity contribution in [3.63, 3.8) is 0 Å². The molecule has 3 rings (SSSR count). The van der Waals surface area contributed by atoms with Crippen molar-refractivity contribution in [2.75, 3.05) is 18.4 Å². The van der Waals surface area contributed by atoms with E-state index in [2.05, 4.69) is 28.6 Å². The van der Waals surface area contributed by atoms with Crippen LogP contribution in [-0.2, 0) is 11.2 Å². The lowest BCUT2D eigenvalue weighted by atomic mass is 10.0. The Morgan fingerprint density at radius 3 is 2.96 bits per heavy atom. The third kappa shape index (κ3) is 3.51. The van der Waals surface area contributed by atoms with E-state index in [1.807, 2.05) is 0 Å². The number of anilines is 1. The van der Waals surface area contributed by atoms with E-state index in [1.165, 1.54) is 17.4 Å². The van der Waals surface area contributed by atoms with Crippen LogP contribution in [-0.4, -0.2) is 29.7 Å². The Balaban J connectivity index is 1.64. The van der Waals surface area contributed by atoms with Gasteiger partial charge in [-0.15, -0.1) is 11.3 Å². The maximum atomic E-state index is 12.3. The molecule has 1 aliphatic rings. The molecule has 1 aromatic heterocycles. The molecule has 0 saturated carbocycles. The molecule has 5 heteroatoms. The second kappa shape index (κ2) is 6.64. The molecule has 1 aromatic carbocycles. The summed E-state index contributed by atoms with van der Waals surface area (Å²) in [5.74, 6) is -0.0491. The highest BCUT2D eigenvalue weighted by Gasteiger charge is 2.26. The van der Waals surface area contributed by atoms with Gasteiger partial charge in [-0.2, -0.15) is 0 Å². The summed E-state index contributed by atoms with van der Waals surface area (Å²) in [6.07, 6.45) is 1.00. The van der Waals surface area contributed by atoms with Crippen LogP contribution < -0.4 is 5.32 Å². The molecule has 1 amide bonds. The second-order valence-corrected chi connectivity index (χ2v) is 6.88. The summed E-state index contributed by atoms with van der Waals surface area (Å²) in [6.45, 7) is 4.93. The largest absolute Gasteiger partial charge is 0.325 e. The van der Waals surface area contributed by atoms with Crippen molar-refractivity contribution in [2.24, 2.45) is 0 Å². The van der Waals surface area contributed by atoms with Gasteiger partial charge < -0.3 is 5.32 Å². The quantitative estimate of drug-likeness (QED) is 0.874. The van der Waals surface area contributed by atoms with Crippen molar-refractivity contribution in [3.05, 3.63) is 51.7 Å². The van der Waals surface area contributed by atoms with E-state index in [0.29, 0.717) is 17.8 Å². The van der Waals surface area contributed by atoms with Gasteiger partial charge >= 0.3 is 0 Å². The first-order valence-corrected chi connectivity index (χ1v) is 8.63. The minimum absolute atomic E-state index is 0.00395. The van der Waals surface area contributed by atoms with Crippen LogP contribution in [0.1, 0.15) is 40.7 Å². The molecule has 0 fully saturated rings. The molecular formula is C18H20N2O2S. The number of carbonyl (C=O) groups is 2. The van der Waals surface area contributed by atoms with Crippen LogP contribution in [0.5, 0.6) is 0 Å². The van der Waals surface area contributed by atoms with Crippen molar-refractivity contribution in [1.82, 2.24) is 4.90 Å². The molecule has 120 valence electrons. The summed E-state index contributed by atoms with van der Waals surface area (Å²) >= 11 is 1.80. The van der Waals surface area contributed by atoms with Crippen LogP contribution >= 0.6 is 11.3 Å². The number of carbonyl (C=O) groups excluding carboxylic acids is 2. The number of thiophene rings is 1. The lowest BCUT2D eigenvalue weighted by Crippen LogP contribution is -2.39. The van der Waals surface area contributed by atoms with Crippen molar-refractivity contribution >= 4 is 28.7 Å². The normalized spacial score (nSPS) is 17.6. The molecule has 4 nitrogen and oxygen atoms in total. The number of nitrogens with zero attached hydrogens (tertiary/aromatic N) is 1. The Morgan fingerprint density at radius 1 is 1.35 bits per heavy atom. The van der Waals surface area contributed by atoms with Crippen LogP contribution in [0, 0.1) is 0 Å². The summed E-state index contributed by atoms with van der Waals surface area (Å²) in [7, 11) is 0. The minimum atomic E-state index is -0.0452. The average Bonchev–Trinajstić information content (AvgIpc) is 2.99. The lowest BCUT2D eigenvalue weighted by Gasteiger charge is -2.32. The predicted octanol–water partition coefficient (Wildman–Crippen LogP) is 3.51. The predicted molar refractivity (Wildman–Crippen MR) is 93.1 cm³/mol. The van der Waals surface area contributed by atoms with Crippen LogP contribution in [0.25, 0.3) is 0 Å². The summed E-state index contributed by atoms with van der Waals surface area (Å²) in [6, 6.07) is 9.48. The number of rotatable bonds is 4. The summed E-state index contributed by atoms with van der Waals surface area (Å²) < 4.78 is 0. The van der Waals surface area contributed by atoms with Crippen LogP contribution in [0.3, 0.4) is 0 Å². The van der Waals surface area contributed by atoms with Gasteiger partial charge in [-0.3, -0.25) is 14.5 Å². The monoisotopic (exact) mass is 328 g/mol. The number of hydrogen-bond donors (Lipinski definition) is 1. The van der Waals surface area contributed by atoms with Gasteiger partial charge in [0.2, 0.25) is 5.91 Å². The van der Waals surface area contributed by atoms with Gasteiger partial charge in [-0.05, 0) is 49.4 Å². The van der Waals surface area contributed by atoms with Gasteiger partial charge in [-0.25, -0.2) is 0 Å². The standard InChI is InChI=1S/C18H20N2O2S/c1-12-16-7-9-23-17(16)6-8-20(12)11-18(22)19-15-5-3-4-14(10-15)13(2)21/h3-5,7,9-10,12H,6,8,11H2,1-2H3,(H,19,22). The highest BCUT2D eigenvalue weighted by atomic mass is 32.1. The smallest absolute Gasteiger partial charge is 0.238 e. The Kier molecular flexibility index (Phi) is 4.59. The van der Waals surface area contributed by atoms with E-state index < -0.39 is 0 Å². The van der Waals surface area contributed by atoms with Gasteiger partial charge in [-0.1, -0.05) is 12.1 Å². The highest BCUT2D eigenvalue weighted by molar-refractivity contribution is 7.10. The number of benzene rings is 1. The van der Waals surface area contributed by atoms with Crippen molar-refractivity contribution in [2.45, 2.75) is 26.3 Å². The first-order valence-electron chi connectivity index (χ1n) is 7.76. The maximum absolute atomic E-state index is 12.3. The number of hydrogen-bond acceptors (Lipinski definition) is 4.